The Balaban J connectivity index is 2.48. The minimum absolute atomic E-state index is 0.0278. The lowest BCUT2D eigenvalue weighted by Gasteiger charge is -2.34. The van der Waals surface area contributed by atoms with Crippen LogP contribution in [0.1, 0.15) is 44.6 Å². The van der Waals surface area contributed by atoms with Gasteiger partial charge in [0.05, 0.1) is 7.11 Å². The second kappa shape index (κ2) is 6.91. The Morgan fingerprint density at radius 2 is 1.87 bits per heavy atom. The van der Waals surface area contributed by atoms with Crippen molar-refractivity contribution in [1.82, 2.24) is 4.90 Å². The summed E-state index contributed by atoms with van der Waals surface area (Å²) in [7, 11) is 1.16. The quantitative estimate of drug-likeness (QED) is 0.611. The zero-order valence-electron chi connectivity index (χ0n) is 14.4. The number of sulfonamides is 1. The highest BCUT2D eigenvalue weighted by Gasteiger charge is 2.31. The summed E-state index contributed by atoms with van der Waals surface area (Å²) in [5.41, 5.74) is 1.08. The average molecular weight is 338 g/mol. The molecule has 0 saturated heterocycles. The molecule has 1 saturated carbocycles. The van der Waals surface area contributed by atoms with Crippen LogP contribution < -0.4 is 4.74 Å². The van der Waals surface area contributed by atoms with Gasteiger partial charge >= 0.3 is 0 Å². The molecule has 1 aromatic rings. The Bertz CT molecular complexity index is 675. The highest BCUT2D eigenvalue weighted by molar-refractivity contribution is 7.90. The summed E-state index contributed by atoms with van der Waals surface area (Å²) < 4.78 is 34.1. The number of methoxy groups -OCH3 is 1. The van der Waals surface area contributed by atoms with E-state index >= 15 is 0 Å². The van der Waals surface area contributed by atoms with E-state index in [2.05, 4.69) is 11.3 Å². The Hall–Kier alpha value is -1.56. The van der Waals surface area contributed by atoms with E-state index in [1.165, 1.54) is 32.7 Å². The van der Waals surface area contributed by atoms with Crippen molar-refractivity contribution < 1.29 is 13.2 Å². The molecule has 1 aliphatic carbocycles. The second-order valence-corrected chi connectivity index (χ2v) is 8.25. The van der Waals surface area contributed by atoms with Crippen molar-refractivity contribution in [3.05, 3.63) is 23.8 Å². The zero-order valence-corrected chi connectivity index (χ0v) is 15.2. The van der Waals surface area contributed by atoms with Crippen LogP contribution in [0.2, 0.25) is 0 Å². The first-order valence-electron chi connectivity index (χ1n) is 7.94. The van der Waals surface area contributed by atoms with Gasteiger partial charge in [-0.1, -0.05) is 32.3 Å². The Morgan fingerprint density at radius 1 is 1.22 bits per heavy atom. The summed E-state index contributed by atoms with van der Waals surface area (Å²) in [6.45, 7) is 2.22. The predicted octanol–water partition coefficient (Wildman–Crippen LogP) is 3.20. The van der Waals surface area contributed by atoms with Crippen LogP contribution in [0.5, 0.6) is 5.75 Å². The van der Waals surface area contributed by atoms with E-state index in [4.69, 9.17) is 4.74 Å². The van der Waals surface area contributed by atoms with Crippen LogP contribution in [0, 0.1) is 0 Å². The second-order valence-electron chi connectivity index (χ2n) is 6.65. The third-order valence-electron chi connectivity index (χ3n) is 4.51. The van der Waals surface area contributed by atoms with Gasteiger partial charge in [0.1, 0.15) is 17.0 Å². The molecule has 0 unspecified atom stereocenters. The van der Waals surface area contributed by atoms with Gasteiger partial charge in [0.25, 0.3) is 10.0 Å². The van der Waals surface area contributed by atoms with Crippen molar-refractivity contribution in [1.29, 1.82) is 0 Å². The van der Waals surface area contributed by atoms with Crippen LogP contribution in [-0.4, -0.2) is 40.9 Å². The van der Waals surface area contributed by atoms with E-state index in [1.807, 2.05) is 6.07 Å². The van der Waals surface area contributed by atoms with Gasteiger partial charge in [-0.3, -0.25) is 0 Å². The van der Waals surface area contributed by atoms with Gasteiger partial charge in [0, 0.05) is 14.1 Å². The first-order chi connectivity index (χ1) is 10.8. The molecule has 0 aromatic heterocycles. The molecule has 0 atom stereocenters. The largest absolute Gasteiger partial charge is 0.495 e. The van der Waals surface area contributed by atoms with Crippen molar-refractivity contribution in [2.24, 2.45) is 4.40 Å². The van der Waals surface area contributed by atoms with Gasteiger partial charge in [-0.05, 0) is 36.0 Å². The number of nitrogens with zero attached hydrogens (tertiary/aromatic N) is 2. The van der Waals surface area contributed by atoms with Crippen LogP contribution >= 0.6 is 0 Å². The fraction of sp³-hybridized carbons (Fsp3) is 0.588. The van der Waals surface area contributed by atoms with Crippen molar-refractivity contribution in [2.45, 2.75) is 49.3 Å². The van der Waals surface area contributed by atoms with Crippen molar-refractivity contribution in [3.8, 4) is 5.75 Å². The van der Waals surface area contributed by atoms with Crippen molar-refractivity contribution in [3.63, 3.8) is 0 Å². The molecule has 0 heterocycles. The van der Waals surface area contributed by atoms with E-state index in [-0.39, 0.29) is 10.3 Å². The van der Waals surface area contributed by atoms with Gasteiger partial charge in [-0.25, -0.2) is 0 Å². The minimum Gasteiger partial charge on any atom is -0.495 e. The smallest absolute Gasteiger partial charge is 0.287 e. The molecule has 0 N–H and O–H groups in total. The summed E-state index contributed by atoms with van der Waals surface area (Å²) in [6, 6.07) is 5.47. The van der Waals surface area contributed by atoms with E-state index in [9.17, 15) is 8.42 Å². The van der Waals surface area contributed by atoms with Crippen molar-refractivity contribution in [2.75, 3.05) is 21.2 Å². The van der Waals surface area contributed by atoms with Gasteiger partial charge in [0.15, 0.2) is 0 Å². The van der Waals surface area contributed by atoms with Crippen LogP contribution in [0.4, 0.5) is 0 Å². The number of benzene rings is 1. The molecule has 0 amide bonds. The average Bonchev–Trinajstić information content (AvgIpc) is 2.53. The summed E-state index contributed by atoms with van der Waals surface area (Å²) >= 11 is 0. The first kappa shape index (κ1) is 17.8. The summed E-state index contributed by atoms with van der Waals surface area (Å²) in [5.74, 6) is 0.337. The van der Waals surface area contributed by atoms with Gasteiger partial charge < -0.3 is 9.64 Å². The lowest BCUT2D eigenvalue weighted by atomic mass is 9.71. The molecular formula is C17H26N2O3S. The molecule has 1 fully saturated rings. The lowest BCUT2D eigenvalue weighted by Crippen LogP contribution is -2.25. The molecule has 23 heavy (non-hydrogen) atoms. The number of hydrogen-bond acceptors (Lipinski definition) is 3. The third kappa shape index (κ3) is 4.05. The topological polar surface area (TPSA) is 59.0 Å². The van der Waals surface area contributed by atoms with Crippen LogP contribution in [0.25, 0.3) is 0 Å². The maximum absolute atomic E-state index is 12.6. The third-order valence-corrected chi connectivity index (χ3v) is 5.76. The summed E-state index contributed by atoms with van der Waals surface area (Å²) in [4.78, 5) is 1.73. The Morgan fingerprint density at radius 3 is 2.43 bits per heavy atom. The maximum Gasteiger partial charge on any atom is 0.287 e. The number of rotatable bonds is 5. The molecule has 6 heteroatoms. The molecule has 1 aromatic carbocycles. The van der Waals surface area contributed by atoms with E-state index < -0.39 is 10.0 Å². The van der Waals surface area contributed by atoms with Crippen LogP contribution in [0.3, 0.4) is 0 Å². The molecule has 0 bridgehead atoms. The Labute approximate surface area is 139 Å². The molecular weight excluding hydrogens is 312 g/mol. The number of hydrogen-bond donors (Lipinski definition) is 0. The molecule has 0 aliphatic heterocycles. The van der Waals surface area contributed by atoms with Gasteiger partial charge in [0.2, 0.25) is 0 Å². The Kier molecular flexibility index (Phi) is 5.34. The summed E-state index contributed by atoms with van der Waals surface area (Å²) in [5, 5.41) is 0. The fourth-order valence-electron chi connectivity index (χ4n) is 3.09. The monoisotopic (exact) mass is 338 g/mol. The normalized spacial score (nSPS) is 18.1. The van der Waals surface area contributed by atoms with E-state index in [0.717, 1.165) is 18.4 Å². The maximum atomic E-state index is 12.6. The summed E-state index contributed by atoms with van der Waals surface area (Å²) in [6.07, 6.45) is 7.08. The van der Waals surface area contributed by atoms with E-state index in [0.29, 0.717) is 5.75 Å². The van der Waals surface area contributed by atoms with Gasteiger partial charge in [-0.15, -0.1) is 4.40 Å². The molecule has 5 nitrogen and oxygen atoms in total. The van der Waals surface area contributed by atoms with Crippen LogP contribution in [-0.2, 0) is 15.4 Å². The standard InChI is InChI=1S/C17H26N2O3S/c1-17(10-6-5-7-11-17)14-8-9-15(22-4)16(12-14)23(20,21)18-13-19(2)3/h8-9,12-13H,5-7,10-11H2,1-4H3/b18-13+. The van der Waals surface area contributed by atoms with E-state index in [1.54, 1.807) is 31.1 Å². The highest BCUT2D eigenvalue weighted by atomic mass is 32.2. The molecule has 0 spiro atoms. The minimum atomic E-state index is -3.78. The predicted molar refractivity (Wildman–Crippen MR) is 92.8 cm³/mol. The zero-order chi connectivity index (χ0) is 17.1. The first-order valence-corrected chi connectivity index (χ1v) is 9.38. The molecule has 0 radical (unpaired) electrons. The highest BCUT2D eigenvalue weighted by Crippen LogP contribution is 2.41. The lowest BCUT2D eigenvalue weighted by molar-refractivity contribution is 0.318. The molecule has 128 valence electrons. The SMILES string of the molecule is COc1ccc(C2(C)CCCCC2)cc1S(=O)(=O)/N=C/N(C)C. The molecule has 2 rings (SSSR count). The number of ether oxygens (including phenoxy) is 1. The van der Waals surface area contributed by atoms with Crippen LogP contribution in [0.15, 0.2) is 27.5 Å². The molecule has 1 aliphatic rings. The van der Waals surface area contributed by atoms with Crippen molar-refractivity contribution >= 4 is 16.4 Å². The fourth-order valence-corrected chi connectivity index (χ4v) is 4.20. The van der Waals surface area contributed by atoms with Gasteiger partial charge in [-0.2, -0.15) is 8.42 Å².